The number of Topliss-reactive ketones (excluding diaryl/α,β-unsaturated/α-hetero) is 1. The van der Waals surface area contributed by atoms with E-state index in [0.717, 1.165) is 17.5 Å². The molecular weight excluding hydrogens is 198 g/mol. The Labute approximate surface area is 89.1 Å². The molecule has 3 heteroatoms. The van der Waals surface area contributed by atoms with Crippen LogP contribution in [-0.4, -0.2) is 12.3 Å². The Morgan fingerprint density at radius 1 is 1.50 bits per heavy atom. The third-order valence-corrected chi connectivity index (χ3v) is 2.35. The largest absolute Gasteiger partial charge is 0.330 e. The van der Waals surface area contributed by atoms with Crippen molar-refractivity contribution in [2.75, 3.05) is 6.54 Å². The molecule has 0 aliphatic heterocycles. The van der Waals surface area contributed by atoms with E-state index in [1.807, 2.05) is 18.2 Å². The predicted molar refractivity (Wildman–Crippen MR) is 58.6 cm³/mol. The third-order valence-electron chi connectivity index (χ3n) is 1.98. The fourth-order valence-electron chi connectivity index (χ4n) is 1.35. The lowest BCUT2D eigenvalue weighted by Gasteiger charge is -2.05. The van der Waals surface area contributed by atoms with Gasteiger partial charge < -0.3 is 5.73 Å². The Bertz CT molecular complexity index is 336. The minimum Gasteiger partial charge on any atom is -0.330 e. The van der Waals surface area contributed by atoms with Crippen LogP contribution in [0.4, 0.5) is 0 Å². The van der Waals surface area contributed by atoms with Crippen molar-refractivity contribution >= 4 is 17.4 Å². The van der Waals surface area contributed by atoms with Crippen molar-refractivity contribution in [3.63, 3.8) is 0 Å². The molecule has 0 radical (unpaired) electrons. The number of carbonyl (C=O) groups is 1. The summed E-state index contributed by atoms with van der Waals surface area (Å²) in [7, 11) is 0. The lowest BCUT2D eigenvalue weighted by atomic mass is 10.0. The van der Waals surface area contributed by atoms with E-state index >= 15 is 0 Å². The normalized spacial score (nSPS) is 10.2. The van der Waals surface area contributed by atoms with Gasteiger partial charge in [-0.1, -0.05) is 23.7 Å². The number of hydrogen-bond acceptors (Lipinski definition) is 2. The summed E-state index contributed by atoms with van der Waals surface area (Å²) in [5, 5.41) is 0.654. The van der Waals surface area contributed by atoms with E-state index in [1.54, 1.807) is 6.92 Å². The SMILES string of the molecule is CC(=O)Cc1cc(CCN)ccc1Cl. The number of hydrogen-bond donors (Lipinski definition) is 1. The van der Waals surface area contributed by atoms with Crippen molar-refractivity contribution in [3.8, 4) is 0 Å². The Hall–Kier alpha value is -0.860. The minimum atomic E-state index is 0.122. The van der Waals surface area contributed by atoms with Gasteiger partial charge in [0.25, 0.3) is 0 Å². The number of rotatable bonds is 4. The molecule has 76 valence electrons. The third kappa shape index (κ3) is 3.13. The topological polar surface area (TPSA) is 43.1 Å². The number of carbonyl (C=O) groups excluding carboxylic acids is 1. The molecule has 0 aliphatic rings. The molecule has 0 amide bonds. The summed E-state index contributed by atoms with van der Waals surface area (Å²) in [6.45, 7) is 2.17. The van der Waals surface area contributed by atoms with Crippen LogP contribution in [0, 0.1) is 0 Å². The monoisotopic (exact) mass is 211 g/mol. The van der Waals surface area contributed by atoms with E-state index in [-0.39, 0.29) is 5.78 Å². The quantitative estimate of drug-likeness (QED) is 0.828. The molecule has 2 nitrogen and oxygen atoms in total. The minimum absolute atomic E-state index is 0.122. The first kappa shape index (κ1) is 11.2. The fraction of sp³-hybridized carbons (Fsp3) is 0.364. The maximum atomic E-state index is 11.0. The molecule has 0 spiro atoms. The molecule has 2 N–H and O–H groups in total. The van der Waals surface area contributed by atoms with Crippen LogP contribution in [0.2, 0.25) is 5.02 Å². The first-order valence-electron chi connectivity index (χ1n) is 4.60. The van der Waals surface area contributed by atoms with Crippen LogP contribution >= 0.6 is 11.6 Å². The zero-order valence-corrected chi connectivity index (χ0v) is 8.97. The van der Waals surface area contributed by atoms with Gasteiger partial charge in [0.15, 0.2) is 0 Å². The molecule has 0 unspecified atom stereocenters. The average Bonchev–Trinajstić information content (AvgIpc) is 2.10. The van der Waals surface area contributed by atoms with E-state index < -0.39 is 0 Å². The van der Waals surface area contributed by atoms with E-state index in [0.29, 0.717) is 18.0 Å². The van der Waals surface area contributed by atoms with E-state index in [9.17, 15) is 4.79 Å². The van der Waals surface area contributed by atoms with Crippen LogP contribution in [0.25, 0.3) is 0 Å². The highest BCUT2D eigenvalue weighted by molar-refractivity contribution is 6.31. The van der Waals surface area contributed by atoms with E-state index in [1.165, 1.54) is 0 Å². The second-order valence-electron chi connectivity index (χ2n) is 3.34. The maximum absolute atomic E-state index is 11.0. The molecule has 1 aromatic rings. The maximum Gasteiger partial charge on any atom is 0.134 e. The molecular formula is C11H14ClNO. The van der Waals surface area contributed by atoms with Crippen molar-refractivity contribution in [1.29, 1.82) is 0 Å². The van der Waals surface area contributed by atoms with Crippen molar-refractivity contribution < 1.29 is 4.79 Å². The van der Waals surface area contributed by atoms with Crippen LogP contribution in [-0.2, 0) is 17.6 Å². The van der Waals surface area contributed by atoms with Gasteiger partial charge in [0, 0.05) is 11.4 Å². The van der Waals surface area contributed by atoms with Gasteiger partial charge in [-0.15, -0.1) is 0 Å². The predicted octanol–water partition coefficient (Wildman–Crippen LogP) is 1.97. The van der Waals surface area contributed by atoms with Gasteiger partial charge in [0.1, 0.15) is 5.78 Å². The highest BCUT2D eigenvalue weighted by Gasteiger charge is 2.04. The second kappa shape index (κ2) is 5.13. The van der Waals surface area contributed by atoms with Crippen LogP contribution in [0.3, 0.4) is 0 Å². The summed E-state index contributed by atoms with van der Waals surface area (Å²) in [4.78, 5) is 11.0. The zero-order valence-electron chi connectivity index (χ0n) is 8.22. The molecule has 1 aromatic carbocycles. The highest BCUT2D eigenvalue weighted by atomic mass is 35.5. The lowest BCUT2D eigenvalue weighted by molar-refractivity contribution is -0.116. The standard InChI is InChI=1S/C11H14ClNO/c1-8(14)6-10-7-9(4-5-13)2-3-11(10)12/h2-3,7H,4-6,13H2,1H3. The van der Waals surface area contributed by atoms with Gasteiger partial charge in [0.2, 0.25) is 0 Å². The van der Waals surface area contributed by atoms with Gasteiger partial charge in [-0.3, -0.25) is 4.79 Å². The molecule has 0 bridgehead atoms. The van der Waals surface area contributed by atoms with Gasteiger partial charge in [0.05, 0.1) is 0 Å². The summed E-state index contributed by atoms with van der Waals surface area (Å²) < 4.78 is 0. The Kier molecular flexibility index (Phi) is 4.11. The van der Waals surface area contributed by atoms with Gasteiger partial charge in [-0.2, -0.15) is 0 Å². The molecule has 0 heterocycles. The molecule has 0 fully saturated rings. The lowest BCUT2D eigenvalue weighted by Crippen LogP contribution is -2.04. The summed E-state index contributed by atoms with van der Waals surface area (Å²) >= 11 is 5.96. The van der Waals surface area contributed by atoms with E-state index in [2.05, 4.69) is 0 Å². The number of halogens is 1. The van der Waals surface area contributed by atoms with Crippen molar-refractivity contribution in [3.05, 3.63) is 34.3 Å². The first-order chi connectivity index (χ1) is 6.63. The van der Waals surface area contributed by atoms with Crippen molar-refractivity contribution in [2.45, 2.75) is 19.8 Å². The number of nitrogens with two attached hydrogens (primary N) is 1. The molecule has 0 saturated heterocycles. The fourth-order valence-corrected chi connectivity index (χ4v) is 1.54. The summed E-state index contributed by atoms with van der Waals surface area (Å²) in [6, 6.07) is 5.72. The molecule has 1 rings (SSSR count). The number of ketones is 1. The van der Waals surface area contributed by atoms with Crippen LogP contribution in [0.5, 0.6) is 0 Å². The molecule has 0 saturated carbocycles. The molecule has 0 aromatic heterocycles. The smallest absolute Gasteiger partial charge is 0.134 e. The average molecular weight is 212 g/mol. The second-order valence-corrected chi connectivity index (χ2v) is 3.75. The van der Waals surface area contributed by atoms with Crippen molar-refractivity contribution in [1.82, 2.24) is 0 Å². The van der Waals surface area contributed by atoms with Crippen molar-refractivity contribution in [2.24, 2.45) is 5.73 Å². The van der Waals surface area contributed by atoms with Crippen LogP contribution in [0.1, 0.15) is 18.1 Å². The van der Waals surface area contributed by atoms with Gasteiger partial charge >= 0.3 is 0 Å². The zero-order chi connectivity index (χ0) is 10.6. The first-order valence-corrected chi connectivity index (χ1v) is 4.98. The van der Waals surface area contributed by atoms with Gasteiger partial charge in [-0.25, -0.2) is 0 Å². The Morgan fingerprint density at radius 2 is 2.21 bits per heavy atom. The summed E-state index contributed by atoms with van der Waals surface area (Å²) in [5.41, 5.74) is 7.48. The van der Waals surface area contributed by atoms with Crippen LogP contribution in [0.15, 0.2) is 18.2 Å². The molecule has 0 atom stereocenters. The summed E-state index contributed by atoms with van der Waals surface area (Å²) in [6.07, 6.45) is 1.22. The Balaban J connectivity index is 2.90. The van der Waals surface area contributed by atoms with E-state index in [4.69, 9.17) is 17.3 Å². The highest BCUT2D eigenvalue weighted by Crippen LogP contribution is 2.18. The molecule has 14 heavy (non-hydrogen) atoms. The molecule has 0 aliphatic carbocycles. The van der Waals surface area contributed by atoms with Crippen LogP contribution < -0.4 is 5.73 Å². The Morgan fingerprint density at radius 3 is 2.79 bits per heavy atom. The number of benzene rings is 1. The van der Waals surface area contributed by atoms with Gasteiger partial charge in [-0.05, 0) is 37.1 Å². The summed E-state index contributed by atoms with van der Waals surface area (Å²) in [5.74, 6) is 0.122.